The van der Waals surface area contributed by atoms with E-state index in [4.69, 9.17) is 0 Å². The van der Waals surface area contributed by atoms with Crippen molar-refractivity contribution in [3.63, 3.8) is 0 Å². The van der Waals surface area contributed by atoms with Crippen LogP contribution in [0, 0.1) is 0 Å². The number of alkyl halides is 3. The molecule has 0 aromatic rings. The van der Waals surface area contributed by atoms with E-state index in [9.17, 15) is 18.0 Å². The Balaban J connectivity index is 2.35. The molecule has 0 bridgehead atoms. The first-order chi connectivity index (χ1) is 5.50. The number of nitrogens with one attached hydrogen (secondary N) is 1. The number of carbonyl (C=O) groups excluding carboxylic acids is 1. The number of rotatable bonds is 1. The van der Waals surface area contributed by atoms with Gasteiger partial charge in [-0.2, -0.15) is 13.2 Å². The van der Waals surface area contributed by atoms with Gasteiger partial charge in [0.1, 0.15) is 0 Å². The molecule has 0 atom stereocenters. The lowest BCUT2D eigenvalue weighted by molar-refractivity contribution is -0.174. The minimum Gasteiger partial charge on any atom is -0.346 e. The molecule has 12 heavy (non-hydrogen) atoms. The van der Waals surface area contributed by atoms with Gasteiger partial charge in [0.2, 0.25) is 0 Å². The van der Waals surface area contributed by atoms with Crippen LogP contribution in [-0.4, -0.2) is 18.1 Å². The SMILES string of the molecule is O=C(NC1CCCC1)C(F)(F)F. The molecule has 0 heterocycles. The van der Waals surface area contributed by atoms with Gasteiger partial charge in [-0.3, -0.25) is 4.79 Å². The fraction of sp³-hybridized carbons (Fsp3) is 0.857. The van der Waals surface area contributed by atoms with Gasteiger partial charge in [0.25, 0.3) is 0 Å². The van der Waals surface area contributed by atoms with Crippen LogP contribution in [0.1, 0.15) is 25.7 Å². The number of hydrogen-bond acceptors (Lipinski definition) is 1. The molecule has 1 amide bonds. The topological polar surface area (TPSA) is 29.1 Å². The van der Waals surface area contributed by atoms with E-state index >= 15 is 0 Å². The van der Waals surface area contributed by atoms with Crippen molar-refractivity contribution in [2.24, 2.45) is 0 Å². The molecule has 0 spiro atoms. The summed E-state index contributed by atoms with van der Waals surface area (Å²) < 4.78 is 35.1. The first-order valence-corrected chi connectivity index (χ1v) is 3.88. The highest BCUT2D eigenvalue weighted by Gasteiger charge is 2.39. The number of amides is 1. The zero-order valence-corrected chi connectivity index (χ0v) is 6.45. The van der Waals surface area contributed by atoms with Crippen LogP contribution in [0.3, 0.4) is 0 Å². The summed E-state index contributed by atoms with van der Waals surface area (Å²) in [5.74, 6) is -1.81. The Morgan fingerprint density at radius 3 is 2.17 bits per heavy atom. The van der Waals surface area contributed by atoms with Gasteiger partial charge in [-0.1, -0.05) is 12.8 Å². The van der Waals surface area contributed by atoms with Gasteiger partial charge in [0, 0.05) is 6.04 Å². The molecule has 1 aliphatic rings. The van der Waals surface area contributed by atoms with Crippen molar-refractivity contribution in [1.82, 2.24) is 5.32 Å². The van der Waals surface area contributed by atoms with Crippen LogP contribution >= 0.6 is 0 Å². The molecule has 1 saturated carbocycles. The summed E-state index contributed by atoms with van der Waals surface area (Å²) in [6.07, 6.45) is -1.59. The molecule has 0 saturated heterocycles. The lowest BCUT2D eigenvalue weighted by Crippen LogP contribution is -2.41. The lowest BCUT2D eigenvalue weighted by Gasteiger charge is -2.12. The zero-order valence-electron chi connectivity index (χ0n) is 6.45. The van der Waals surface area contributed by atoms with Crippen molar-refractivity contribution >= 4 is 5.91 Å². The minimum atomic E-state index is -4.73. The van der Waals surface area contributed by atoms with E-state index in [1.165, 1.54) is 0 Å². The average Bonchev–Trinajstić information content (AvgIpc) is 2.37. The standard InChI is InChI=1S/C7H10F3NO/c8-7(9,10)6(12)11-5-3-1-2-4-5/h5H,1-4H2,(H,11,12). The summed E-state index contributed by atoms with van der Waals surface area (Å²) in [6, 6.07) is -0.265. The zero-order chi connectivity index (χ0) is 9.19. The number of halogens is 3. The lowest BCUT2D eigenvalue weighted by atomic mass is 10.2. The maximum atomic E-state index is 11.7. The van der Waals surface area contributed by atoms with E-state index in [1.807, 2.05) is 5.32 Å². The van der Waals surface area contributed by atoms with Crippen LogP contribution in [0.25, 0.3) is 0 Å². The Morgan fingerprint density at radius 2 is 1.75 bits per heavy atom. The van der Waals surface area contributed by atoms with E-state index in [0.29, 0.717) is 12.8 Å². The Morgan fingerprint density at radius 1 is 1.25 bits per heavy atom. The second-order valence-corrected chi connectivity index (χ2v) is 2.95. The fourth-order valence-corrected chi connectivity index (χ4v) is 1.34. The highest BCUT2D eigenvalue weighted by Crippen LogP contribution is 2.20. The van der Waals surface area contributed by atoms with E-state index in [0.717, 1.165) is 12.8 Å². The summed E-state index contributed by atoms with van der Waals surface area (Å²) >= 11 is 0. The third-order valence-electron chi connectivity index (χ3n) is 1.95. The largest absolute Gasteiger partial charge is 0.471 e. The first kappa shape index (κ1) is 9.35. The molecular formula is C7H10F3NO. The van der Waals surface area contributed by atoms with Gasteiger partial charge in [-0.05, 0) is 12.8 Å². The Kier molecular flexibility index (Phi) is 2.59. The fourth-order valence-electron chi connectivity index (χ4n) is 1.34. The Labute approximate surface area is 68.1 Å². The first-order valence-electron chi connectivity index (χ1n) is 3.88. The van der Waals surface area contributed by atoms with E-state index < -0.39 is 12.1 Å². The van der Waals surface area contributed by atoms with Gasteiger partial charge in [-0.25, -0.2) is 0 Å². The number of hydrogen-bond donors (Lipinski definition) is 1. The molecule has 1 fully saturated rings. The quantitative estimate of drug-likeness (QED) is 0.654. The summed E-state index contributed by atoms with van der Waals surface area (Å²) in [7, 11) is 0. The third-order valence-corrected chi connectivity index (χ3v) is 1.95. The molecule has 5 heteroatoms. The normalized spacial score (nSPS) is 19.6. The van der Waals surface area contributed by atoms with Crippen molar-refractivity contribution in [3.05, 3.63) is 0 Å². The maximum absolute atomic E-state index is 11.7. The van der Waals surface area contributed by atoms with Gasteiger partial charge < -0.3 is 5.32 Å². The molecule has 0 aliphatic heterocycles. The average molecular weight is 181 g/mol. The maximum Gasteiger partial charge on any atom is 0.471 e. The van der Waals surface area contributed by atoms with Crippen LogP contribution in [0.15, 0.2) is 0 Å². The monoisotopic (exact) mass is 181 g/mol. The van der Waals surface area contributed by atoms with Crippen LogP contribution in [0.4, 0.5) is 13.2 Å². The Hall–Kier alpha value is -0.740. The second-order valence-electron chi connectivity index (χ2n) is 2.95. The van der Waals surface area contributed by atoms with Crippen molar-refractivity contribution in [2.45, 2.75) is 37.9 Å². The smallest absolute Gasteiger partial charge is 0.346 e. The van der Waals surface area contributed by atoms with Gasteiger partial charge in [-0.15, -0.1) is 0 Å². The van der Waals surface area contributed by atoms with E-state index in [2.05, 4.69) is 0 Å². The number of carbonyl (C=O) groups is 1. The molecule has 1 aliphatic carbocycles. The third kappa shape index (κ3) is 2.39. The van der Waals surface area contributed by atoms with Crippen LogP contribution in [0.2, 0.25) is 0 Å². The summed E-state index contributed by atoms with van der Waals surface area (Å²) in [5, 5.41) is 1.95. The van der Waals surface area contributed by atoms with E-state index in [1.54, 1.807) is 0 Å². The van der Waals surface area contributed by atoms with Crippen molar-refractivity contribution in [2.75, 3.05) is 0 Å². The second kappa shape index (κ2) is 3.33. The molecule has 0 aromatic heterocycles. The molecular weight excluding hydrogens is 171 g/mol. The van der Waals surface area contributed by atoms with Gasteiger partial charge in [0.15, 0.2) is 0 Å². The van der Waals surface area contributed by atoms with Gasteiger partial charge >= 0.3 is 12.1 Å². The predicted octanol–water partition coefficient (Wildman–Crippen LogP) is 1.61. The molecule has 0 aromatic carbocycles. The van der Waals surface area contributed by atoms with Crippen molar-refractivity contribution in [3.8, 4) is 0 Å². The molecule has 1 N–H and O–H groups in total. The molecule has 0 radical (unpaired) electrons. The Bertz CT molecular complexity index is 172. The van der Waals surface area contributed by atoms with Crippen molar-refractivity contribution < 1.29 is 18.0 Å². The molecule has 1 rings (SSSR count). The highest BCUT2D eigenvalue weighted by atomic mass is 19.4. The van der Waals surface area contributed by atoms with Gasteiger partial charge in [0.05, 0.1) is 0 Å². The van der Waals surface area contributed by atoms with E-state index in [-0.39, 0.29) is 6.04 Å². The molecule has 70 valence electrons. The molecule has 0 unspecified atom stereocenters. The van der Waals surface area contributed by atoms with Crippen LogP contribution < -0.4 is 5.32 Å². The van der Waals surface area contributed by atoms with Crippen LogP contribution in [0.5, 0.6) is 0 Å². The van der Waals surface area contributed by atoms with Crippen LogP contribution in [-0.2, 0) is 4.79 Å². The summed E-state index contributed by atoms with van der Waals surface area (Å²) in [4.78, 5) is 10.4. The highest BCUT2D eigenvalue weighted by molar-refractivity contribution is 5.81. The summed E-state index contributed by atoms with van der Waals surface area (Å²) in [5.41, 5.74) is 0. The molecule has 2 nitrogen and oxygen atoms in total. The minimum absolute atomic E-state index is 0.265. The predicted molar refractivity (Wildman–Crippen MR) is 36.5 cm³/mol. The van der Waals surface area contributed by atoms with Crippen molar-refractivity contribution in [1.29, 1.82) is 0 Å². The summed E-state index contributed by atoms with van der Waals surface area (Å²) in [6.45, 7) is 0.